The lowest BCUT2D eigenvalue weighted by Gasteiger charge is -2.36. The number of halogens is 1. The van der Waals surface area contributed by atoms with Gasteiger partial charge in [-0.1, -0.05) is 37.3 Å². The summed E-state index contributed by atoms with van der Waals surface area (Å²) in [5, 5.41) is -0.509. The highest BCUT2D eigenvalue weighted by atomic mass is 35.5. The van der Waals surface area contributed by atoms with E-state index in [9.17, 15) is 4.79 Å². The Morgan fingerprint density at radius 3 is 2.54 bits per heavy atom. The van der Waals surface area contributed by atoms with E-state index in [1.54, 1.807) is 6.92 Å². The molecule has 0 radical (unpaired) electrons. The van der Waals surface area contributed by atoms with Crippen molar-refractivity contribution in [3.05, 3.63) is 41.6 Å². The first-order chi connectivity index (χ1) is 13.5. The van der Waals surface area contributed by atoms with Gasteiger partial charge in [-0.25, -0.2) is 9.97 Å². The Kier molecular flexibility index (Phi) is 5.54. The summed E-state index contributed by atoms with van der Waals surface area (Å²) in [5.74, 6) is 2.50. The Morgan fingerprint density at radius 1 is 1.14 bits per heavy atom. The van der Waals surface area contributed by atoms with E-state index in [-0.39, 0.29) is 5.91 Å². The number of alkyl halides is 1. The normalized spacial score (nSPS) is 18.7. The maximum Gasteiger partial charge on any atom is 0.240 e. The molecule has 28 heavy (non-hydrogen) atoms. The third kappa shape index (κ3) is 3.86. The summed E-state index contributed by atoms with van der Waals surface area (Å²) in [6, 6.07) is 10.1. The van der Waals surface area contributed by atoms with E-state index in [1.165, 1.54) is 12.8 Å². The van der Waals surface area contributed by atoms with Gasteiger partial charge >= 0.3 is 0 Å². The molecule has 1 atom stereocenters. The van der Waals surface area contributed by atoms with Gasteiger partial charge in [0.15, 0.2) is 5.82 Å². The van der Waals surface area contributed by atoms with Gasteiger partial charge in [-0.2, -0.15) is 0 Å². The van der Waals surface area contributed by atoms with Gasteiger partial charge < -0.3 is 9.80 Å². The second kappa shape index (κ2) is 8.08. The first-order valence-electron chi connectivity index (χ1n) is 10.2. The number of hydrogen-bond donors (Lipinski definition) is 0. The zero-order valence-corrected chi connectivity index (χ0v) is 17.3. The topological polar surface area (TPSA) is 49.3 Å². The van der Waals surface area contributed by atoms with Crippen LogP contribution in [0.3, 0.4) is 0 Å². The van der Waals surface area contributed by atoms with E-state index in [1.807, 2.05) is 23.1 Å². The number of benzene rings is 1. The molecular formula is C22H27ClN4O. The molecule has 1 aromatic carbocycles. The number of piperidine rings is 1. The molecule has 0 N–H and O–H groups in total. The summed E-state index contributed by atoms with van der Waals surface area (Å²) in [6.45, 7) is 7.25. The van der Waals surface area contributed by atoms with Crippen molar-refractivity contribution in [2.75, 3.05) is 24.5 Å². The smallest absolute Gasteiger partial charge is 0.240 e. The minimum Gasteiger partial charge on any atom is -0.356 e. The van der Waals surface area contributed by atoms with Crippen LogP contribution in [0.4, 0.5) is 5.82 Å². The zero-order chi connectivity index (χ0) is 19.7. The molecule has 148 valence electrons. The van der Waals surface area contributed by atoms with Gasteiger partial charge in [-0.05, 0) is 25.7 Å². The molecule has 0 saturated carbocycles. The third-order valence-electron chi connectivity index (χ3n) is 5.81. The van der Waals surface area contributed by atoms with Crippen molar-refractivity contribution in [1.29, 1.82) is 0 Å². The van der Waals surface area contributed by atoms with E-state index in [0.717, 1.165) is 53.9 Å². The minimum absolute atomic E-state index is 0.0160. The Morgan fingerprint density at radius 2 is 1.86 bits per heavy atom. The number of nitrogens with zero attached hydrogens (tertiary/aromatic N) is 4. The lowest BCUT2D eigenvalue weighted by molar-refractivity contribution is -0.131. The van der Waals surface area contributed by atoms with Crippen molar-refractivity contribution in [3.8, 4) is 11.4 Å². The van der Waals surface area contributed by atoms with Crippen LogP contribution in [0.15, 0.2) is 30.3 Å². The summed E-state index contributed by atoms with van der Waals surface area (Å²) in [7, 11) is 0. The fraction of sp³-hybridized carbons (Fsp3) is 0.500. The van der Waals surface area contributed by atoms with Gasteiger partial charge in [0.25, 0.3) is 0 Å². The van der Waals surface area contributed by atoms with Crippen molar-refractivity contribution in [2.45, 2.75) is 45.0 Å². The summed E-state index contributed by atoms with van der Waals surface area (Å²) >= 11 is 6.07. The number of carbonyl (C=O) groups is 1. The first-order valence-corrected chi connectivity index (χ1v) is 10.6. The Hall–Kier alpha value is -2.14. The number of amides is 1. The maximum absolute atomic E-state index is 12.5. The molecule has 0 bridgehead atoms. The summed E-state index contributed by atoms with van der Waals surface area (Å²) in [4.78, 5) is 26.6. The molecule has 0 unspecified atom stereocenters. The number of anilines is 1. The summed E-state index contributed by atoms with van der Waals surface area (Å²) in [5.41, 5.74) is 3.18. The number of aromatic nitrogens is 2. The maximum atomic E-state index is 12.5. The van der Waals surface area contributed by atoms with Crippen LogP contribution in [0.5, 0.6) is 0 Å². The molecule has 0 spiro atoms. The molecule has 1 fully saturated rings. The van der Waals surface area contributed by atoms with Crippen molar-refractivity contribution < 1.29 is 4.79 Å². The quantitative estimate of drug-likeness (QED) is 0.736. The first kappa shape index (κ1) is 19.2. The van der Waals surface area contributed by atoms with Gasteiger partial charge in [0.2, 0.25) is 5.91 Å². The molecular weight excluding hydrogens is 372 g/mol. The molecule has 1 amide bonds. The fourth-order valence-corrected chi connectivity index (χ4v) is 4.17. The second-order valence-electron chi connectivity index (χ2n) is 7.96. The number of hydrogen-bond acceptors (Lipinski definition) is 4. The Labute approximate surface area is 171 Å². The van der Waals surface area contributed by atoms with Crippen LogP contribution in [0.1, 0.15) is 37.9 Å². The van der Waals surface area contributed by atoms with E-state index < -0.39 is 5.38 Å². The van der Waals surface area contributed by atoms with Crippen LogP contribution in [0, 0.1) is 5.92 Å². The monoisotopic (exact) mass is 398 g/mol. The highest BCUT2D eigenvalue weighted by Crippen LogP contribution is 2.32. The van der Waals surface area contributed by atoms with Crippen LogP contribution in [-0.4, -0.2) is 45.8 Å². The average Bonchev–Trinajstić information content (AvgIpc) is 2.73. The number of carbonyl (C=O) groups excluding carboxylic acids is 1. The highest BCUT2D eigenvalue weighted by molar-refractivity contribution is 6.30. The molecule has 6 heteroatoms. The molecule has 1 aromatic heterocycles. The van der Waals surface area contributed by atoms with Crippen molar-refractivity contribution in [2.24, 2.45) is 5.92 Å². The SMILES string of the molecule is CC1CCN(c2nc(-c3ccccc3)nc3c2CN(C(=O)[C@H](C)Cl)CC3)CC1. The lowest BCUT2D eigenvalue weighted by atomic mass is 9.98. The Bertz CT molecular complexity index is 847. The largest absolute Gasteiger partial charge is 0.356 e. The summed E-state index contributed by atoms with van der Waals surface area (Å²) in [6.07, 6.45) is 3.08. The fourth-order valence-electron chi connectivity index (χ4n) is 4.03. The van der Waals surface area contributed by atoms with Gasteiger partial charge in [0.05, 0.1) is 12.2 Å². The van der Waals surface area contributed by atoms with Crippen LogP contribution in [-0.2, 0) is 17.8 Å². The zero-order valence-electron chi connectivity index (χ0n) is 16.6. The molecule has 5 nitrogen and oxygen atoms in total. The van der Waals surface area contributed by atoms with Gasteiger partial charge in [-0.15, -0.1) is 11.6 Å². The molecule has 2 aliphatic heterocycles. The molecule has 4 rings (SSSR count). The van der Waals surface area contributed by atoms with Crippen molar-refractivity contribution >= 4 is 23.3 Å². The van der Waals surface area contributed by atoms with Crippen LogP contribution < -0.4 is 4.90 Å². The second-order valence-corrected chi connectivity index (χ2v) is 8.61. The number of rotatable bonds is 3. The lowest BCUT2D eigenvalue weighted by Crippen LogP contribution is -2.42. The predicted octanol–water partition coefficient (Wildman–Crippen LogP) is 3.89. The molecule has 0 aliphatic carbocycles. The number of fused-ring (bicyclic) bond motifs is 1. The van der Waals surface area contributed by atoms with Crippen LogP contribution in [0.2, 0.25) is 0 Å². The average molecular weight is 399 g/mol. The van der Waals surface area contributed by atoms with Gasteiger partial charge in [-0.3, -0.25) is 4.79 Å². The van der Waals surface area contributed by atoms with Gasteiger partial charge in [0.1, 0.15) is 11.2 Å². The Balaban J connectivity index is 1.74. The third-order valence-corrected chi connectivity index (χ3v) is 5.99. The standard InChI is InChI=1S/C22H27ClN4O/c1-15-8-11-26(12-9-15)21-18-14-27(22(28)16(2)23)13-10-19(18)24-20(25-21)17-6-4-3-5-7-17/h3-7,15-16H,8-14H2,1-2H3/t16-/m0/s1. The molecule has 3 heterocycles. The molecule has 2 aliphatic rings. The van der Waals surface area contributed by atoms with Crippen LogP contribution >= 0.6 is 11.6 Å². The highest BCUT2D eigenvalue weighted by Gasteiger charge is 2.30. The molecule has 2 aromatic rings. The van der Waals surface area contributed by atoms with Crippen molar-refractivity contribution in [3.63, 3.8) is 0 Å². The predicted molar refractivity (Wildman–Crippen MR) is 113 cm³/mol. The van der Waals surface area contributed by atoms with Crippen molar-refractivity contribution in [1.82, 2.24) is 14.9 Å². The molecule has 1 saturated heterocycles. The van der Waals surface area contributed by atoms with Crippen LogP contribution in [0.25, 0.3) is 11.4 Å². The van der Waals surface area contributed by atoms with E-state index in [2.05, 4.69) is 24.0 Å². The van der Waals surface area contributed by atoms with Gasteiger partial charge in [0, 0.05) is 37.2 Å². The minimum atomic E-state index is -0.509. The van der Waals surface area contributed by atoms with E-state index in [0.29, 0.717) is 13.1 Å². The summed E-state index contributed by atoms with van der Waals surface area (Å²) < 4.78 is 0. The van der Waals surface area contributed by atoms with E-state index in [4.69, 9.17) is 21.6 Å². The van der Waals surface area contributed by atoms with E-state index >= 15 is 0 Å².